The Bertz CT molecular complexity index is 848. The van der Waals surface area contributed by atoms with E-state index < -0.39 is 9.84 Å². The highest BCUT2D eigenvalue weighted by molar-refractivity contribution is 7.99. The van der Waals surface area contributed by atoms with Crippen LogP contribution in [-0.2, 0) is 21.2 Å². The smallest absolute Gasteiger partial charge is 0.276 e. The molecule has 10 heteroatoms. The zero-order valence-electron chi connectivity index (χ0n) is 14.9. The minimum absolute atomic E-state index is 0.136. The molecular weight excluding hydrogens is 412 g/mol. The first kappa shape index (κ1) is 20.4. The van der Waals surface area contributed by atoms with E-state index in [1.54, 1.807) is 24.3 Å². The summed E-state index contributed by atoms with van der Waals surface area (Å²) < 4.78 is 40.3. The zero-order valence-corrected chi connectivity index (χ0v) is 17.3. The Balaban J connectivity index is 1.56. The topological polar surface area (TPSA) is 91.5 Å². The van der Waals surface area contributed by atoms with Gasteiger partial charge in [0, 0.05) is 30.2 Å². The van der Waals surface area contributed by atoms with E-state index in [0.717, 1.165) is 0 Å². The number of hydrogen-bond acceptors (Lipinski definition) is 8. The first-order chi connectivity index (χ1) is 12.8. The molecule has 2 heterocycles. The largest absolute Gasteiger partial charge is 0.484 e. The summed E-state index contributed by atoms with van der Waals surface area (Å²) in [6, 6.07) is 6.99. The second kappa shape index (κ2) is 8.81. The van der Waals surface area contributed by atoms with Gasteiger partial charge in [-0.3, -0.25) is 0 Å². The Morgan fingerprint density at radius 3 is 2.59 bits per heavy atom. The van der Waals surface area contributed by atoms with Crippen molar-refractivity contribution >= 4 is 33.2 Å². The third-order valence-electron chi connectivity index (χ3n) is 4.25. The minimum Gasteiger partial charge on any atom is -0.484 e. The number of halogens is 1. The number of aromatic nitrogens is 2. The van der Waals surface area contributed by atoms with E-state index in [-0.39, 0.29) is 17.8 Å². The van der Waals surface area contributed by atoms with Crippen LogP contribution in [-0.4, -0.2) is 49.6 Å². The van der Waals surface area contributed by atoms with Gasteiger partial charge in [-0.15, -0.1) is 10.2 Å². The average molecular weight is 433 g/mol. The second-order valence-corrected chi connectivity index (χ2v) is 10.2. The van der Waals surface area contributed by atoms with E-state index in [0.29, 0.717) is 53.7 Å². The van der Waals surface area contributed by atoms with Crippen molar-refractivity contribution in [2.45, 2.75) is 24.7 Å². The number of thioether (sulfide) groups is 1. The summed E-state index contributed by atoms with van der Waals surface area (Å²) in [6.07, 6.45) is 2.68. The molecule has 1 aromatic carbocycles. The molecule has 0 unspecified atom stereocenters. The second-order valence-electron chi connectivity index (χ2n) is 6.68. The predicted molar refractivity (Wildman–Crippen MR) is 103 cm³/mol. The van der Waals surface area contributed by atoms with Gasteiger partial charge in [0.1, 0.15) is 15.6 Å². The van der Waals surface area contributed by atoms with Crippen molar-refractivity contribution in [3.8, 4) is 5.75 Å². The molecule has 0 saturated carbocycles. The van der Waals surface area contributed by atoms with Crippen molar-refractivity contribution < 1.29 is 22.3 Å². The fourth-order valence-electron chi connectivity index (χ4n) is 2.94. The zero-order chi connectivity index (χ0) is 19.3. The Kier molecular flexibility index (Phi) is 6.67. The van der Waals surface area contributed by atoms with Crippen molar-refractivity contribution in [2.75, 3.05) is 31.0 Å². The molecule has 1 aliphatic heterocycles. The summed E-state index contributed by atoms with van der Waals surface area (Å²) in [4.78, 5) is 0. The van der Waals surface area contributed by atoms with Gasteiger partial charge in [-0.2, -0.15) is 0 Å². The Hall–Kier alpha value is -1.29. The number of ether oxygens (including phenoxy) is 2. The number of rotatable bonds is 8. The number of hydrogen-bond donors (Lipinski definition) is 0. The fraction of sp³-hybridized carbons (Fsp3) is 0.529. The molecule has 1 aromatic heterocycles. The molecule has 2 aromatic rings. The van der Waals surface area contributed by atoms with Crippen LogP contribution in [0.2, 0.25) is 5.02 Å². The van der Waals surface area contributed by atoms with E-state index in [1.807, 2.05) is 0 Å². The lowest BCUT2D eigenvalue weighted by Crippen LogP contribution is -2.38. The average Bonchev–Trinajstić information content (AvgIpc) is 3.07. The molecule has 0 aliphatic carbocycles. The van der Waals surface area contributed by atoms with Crippen LogP contribution < -0.4 is 4.74 Å². The number of benzene rings is 1. The molecule has 0 bridgehead atoms. The molecule has 1 saturated heterocycles. The minimum atomic E-state index is -3.09. The van der Waals surface area contributed by atoms with Crippen molar-refractivity contribution in [1.82, 2.24) is 10.2 Å². The van der Waals surface area contributed by atoms with Crippen LogP contribution >= 0.6 is 23.4 Å². The summed E-state index contributed by atoms with van der Waals surface area (Å²) in [5.41, 5.74) is -0.328. The Morgan fingerprint density at radius 1 is 1.22 bits per heavy atom. The quantitative estimate of drug-likeness (QED) is 0.587. The molecular formula is C17H21ClN2O5S2. The predicted octanol–water partition coefficient (Wildman–Crippen LogP) is 3.24. The Morgan fingerprint density at radius 2 is 1.93 bits per heavy atom. The molecule has 0 spiro atoms. The highest BCUT2D eigenvalue weighted by Gasteiger charge is 2.36. The van der Waals surface area contributed by atoms with E-state index in [1.165, 1.54) is 18.0 Å². The van der Waals surface area contributed by atoms with Gasteiger partial charge in [0.2, 0.25) is 0 Å². The van der Waals surface area contributed by atoms with Crippen LogP contribution in [0.3, 0.4) is 0 Å². The van der Waals surface area contributed by atoms with Crippen LogP contribution in [0, 0.1) is 5.41 Å². The van der Waals surface area contributed by atoms with E-state index in [2.05, 4.69) is 10.2 Å². The summed E-state index contributed by atoms with van der Waals surface area (Å²) in [5.74, 6) is 1.73. The summed E-state index contributed by atoms with van der Waals surface area (Å²) in [7, 11) is -3.09. The van der Waals surface area contributed by atoms with E-state index in [9.17, 15) is 8.42 Å². The van der Waals surface area contributed by atoms with Crippen molar-refractivity contribution in [2.24, 2.45) is 5.41 Å². The van der Waals surface area contributed by atoms with Gasteiger partial charge in [0.25, 0.3) is 11.1 Å². The monoisotopic (exact) mass is 432 g/mol. The highest BCUT2D eigenvalue weighted by atomic mass is 35.5. The van der Waals surface area contributed by atoms with Gasteiger partial charge in [-0.05, 0) is 42.5 Å². The van der Waals surface area contributed by atoms with Crippen LogP contribution in [0.1, 0.15) is 18.7 Å². The molecule has 0 N–H and O–H groups in total. The van der Waals surface area contributed by atoms with E-state index in [4.69, 9.17) is 25.5 Å². The molecule has 1 fully saturated rings. The summed E-state index contributed by atoms with van der Waals surface area (Å²) in [6.45, 7) is 1.29. The lowest BCUT2D eigenvalue weighted by atomic mass is 9.84. The van der Waals surface area contributed by atoms with Crippen molar-refractivity contribution in [3.05, 3.63) is 35.2 Å². The summed E-state index contributed by atoms with van der Waals surface area (Å²) in [5, 5.41) is 9.04. The molecule has 0 atom stereocenters. The number of nitrogens with zero attached hydrogens (tertiary/aromatic N) is 2. The lowest BCUT2D eigenvalue weighted by Gasteiger charge is -2.35. The van der Waals surface area contributed by atoms with Crippen LogP contribution in [0.4, 0.5) is 0 Å². The number of sulfone groups is 1. The standard InChI is InChI=1S/C17H21ClN2O5S2/c1-27(21,22)12-17(6-8-23-9-7-17)11-26-16-20-19-15(25-16)10-24-14-4-2-13(18)3-5-14/h2-5H,6-12H2,1H3. The molecule has 7 nitrogen and oxygen atoms in total. The maximum Gasteiger partial charge on any atom is 0.276 e. The van der Waals surface area contributed by atoms with Gasteiger partial charge in [0.05, 0.1) is 5.75 Å². The maximum atomic E-state index is 11.8. The molecule has 1 aliphatic rings. The lowest BCUT2D eigenvalue weighted by molar-refractivity contribution is 0.0362. The molecule has 0 amide bonds. The van der Waals surface area contributed by atoms with Gasteiger partial charge < -0.3 is 13.9 Å². The molecule has 3 rings (SSSR count). The van der Waals surface area contributed by atoms with Gasteiger partial charge >= 0.3 is 0 Å². The molecule has 0 radical (unpaired) electrons. The van der Waals surface area contributed by atoms with Crippen LogP contribution in [0.5, 0.6) is 5.75 Å². The van der Waals surface area contributed by atoms with E-state index >= 15 is 0 Å². The van der Waals surface area contributed by atoms with Crippen LogP contribution in [0.15, 0.2) is 33.9 Å². The van der Waals surface area contributed by atoms with Crippen molar-refractivity contribution in [1.29, 1.82) is 0 Å². The fourth-order valence-corrected chi connectivity index (χ4v) is 5.77. The molecule has 148 valence electrons. The molecule has 27 heavy (non-hydrogen) atoms. The van der Waals surface area contributed by atoms with Gasteiger partial charge in [-0.1, -0.05) is 23.4 Å². The third kappa shape index (κ3) is 6.38. The van der Waals surface area contributed by atoms with Gasteiger partial charge in [-0.25, -0.2) is 8.42 Å². The third-order valence-corrected chi connectivity index (χ3v) is 6.81. The van der Waals surface area contributed by atoms with Crippen LogP contribution in [0.25, 0.3) is 0 Å². The SMILES string of the molecule is CS(=O)(=O)CC1(CSc2nnc(COc3ccc(Cl)cc3)o2)CCOCC1. The van der Waals surface area contributed by atoms with Gasteiger partial charge in [0.15, 0.2) is 6.61 Å². The normalized spacial score (nSPS) is 17.0. The van der Waals surface area contributed by atoms with Crippen molar-refractivity contribution in [3.63, 3.8) is 0 Å². The first-order valence-corrected chi connectivity index (χ1v) is 11.9. The maximum absolute atomic E-state index is 11.8. The first-order valence-electron chi connectivity index (χ1n) is 8.43. The summed E-state index contributed by atoms with van der Waals surface area (Å²) >= 11 is 7.22. The Labute approximate surface area is 167 Å². The highest BCUT2D eigenvalue weighted by Crippen LogP contribution is 2.37.